The molecule has 1 aromatic carbocycles. The highest BCUT2D eigenvalue weighted by Crippen LogP contribution is 2.20. The number of ether oxygens (including phenoxy) is 1. The number of nitrogens with two attached hydrogens (primary N) is 1. The number of anilines is 1. The van der Waals surface area contributed by atoms with Crippen LogP contribution in [0.15, 0.2) is 18.2 Å². The Morgan fingerprint density at radius 1 is 1.50 bits per heavy atom. The van der Waals surface area contributed by atoms with Crippen LogP contribution in [0.25, 0.3) is 0 Å². The van der Waals surface area contributed by atoms with Crippen molar-refractivity contribution in [2.24, 2.45) is 5.73 Å². The van der Waals surface area contributed by atoms with Crippen LogP contribution in [0.3, 0.4) is 0 Å². The van der Waals surface area contributed by atoms with Crippen LogP contribution in [-0.2, 0) is 14.8 Å². The lowest BCUT2D eigenvalue weighted by atomic mass is 10.2. The second kappa shape index (κ2) is 6.96. The lowest BCUT2D eigenvalue weighted by Crippen LogP contribution is -2.24. The molecule has 0 spiro atoms. The van der Waals surface area contributed by atoms with Crippen molar-refractivity contribution in [1.82, 2.24) is 0 Å². The Morgan fingerprint density at radius 2 is 2.15 bits per heavy atom. The summed E-state index contributed by atoms with van der Waals surface area (Å²) >= 11 is 4.73. The monoisotopic (exact) mass is 320 g/mol. The zero-order chi connectivity index (χ0) is 15.3. The van der Waals surface area contributed by atoms with Gasteiger partial charge in [0.05, 0.1) is 29.7 Å². The first-order valence-corrected chi connectivity index (χ1v) is 7.99. The van der Waals surface area contributed by atoms with E-state index in [0.717, 1.165) is 6.07 Å². The molecule has 0 fully saturated rings. The van der Waals surface area contributed by atoms with Crippen molar-refractivity contribution < 1.29 is 17.5 Å². The molecular formula is C12H17FN2O3S2. The maximum atomic E-state index is 13.6. The van der Waals surface area contributed by atoms with Gasteiger partial charge in [0, 0.05) is 0 Å². The summed E-state index contributed by atoms with van der Waals surface area (Å²) in [6.07, 6.45) is -0.0634. The van der Waals surface area contributed by atoms with Crippen molar-refractivity contribution in [2.45, 2.75) is 20.0 Å². The molecular weight excluding hydrogens is 303 g/mol. The van der Waals surface area contributed by atoms with E-state index in [1.807, 2.05) is 0 Å². The van der Waals surface area contributed by atoms with Gasteiger partial charge in [-0.05, 0) is 26.0 Å². The van der Waals surface area contributed by atoms with Crippen molar-refractivity contribution in [3.05, 3.63) is 29.6 Å². The Kier molecular flexibility index (Phi) is 5.85. The standard InChI is InChI=1S/C12H17FN2O3S2/c1-8(2)18-6-7-20(16,17)15-10-5-3-4-9(13)11(10)12(14)19/h3-5,8,15H,6-7H2,1-2H3,(H2,14,19). The van der Waals surface area contributed by atoms with Crippen LogP contribution in [0.4, 0.5) is 10.1 Å². The average molecular weight is 320 g/mol. The molecule has 0 bridgehead atoms. The molecule has 0 saturated carbocycles. The highest BCUT2D eigenvalue weighted by Gasteiger charge is 2.17. The van der Waals surface area contributed by atoms with Crippen LogP contribution in [0.1, 0.15) is 19.4 Å². The number of sulfonamides is 1. The zero-order valence-electron chi connectivity index (χ0n) is 11.2. The molecule has 0 aliphatic heterocycles. The number of benzene rings is 1. The Hall–Kier alpha value is -1.25. The SMILES string of the molecule is CC(C)OCCS(=O)(=O)Nc1cccc(F)c1C(N)=S. The fraction of sp³-hybridized carbons (Fsp3) is 0.417. The van der Waals surface area contributed by atoms with E-state index in [1.54, 1.807) is 13.8 Å². The van der Waals surface area contributed by atoms with E-state index in [2.05, 4.69) is 4.72 Å². The summed E-state index contributed by atoms with van der Waals surface area (Å²) in [5.74, 6) is -0.908. The van der Waals surface area contributed by atoms with E-state index in [9.17, 15) is 12.8 Å². The molecule has 3 N–H and O–H groups in total. The molecule has 20 heavy (non-hydrogen) atoms. The summed E-state index contributed by atoms with van der Waals surface area (Å²) in [5.41, 5.74) is 5.32. The summed E-state index contributed by atoms with van der Waals surface area (Å²) in [4.78, 5) is -0.209. The molecule has 0 unspecified atom stereocenters. The third kappa shape index (κ3) is 5.03. The van der Waals surface area contributed by atoms with E-state index < -0.39 is 15.8 Å². The van der Waals surface area contributed by atoms with E-state index in [-0.39, 0.29) is 34.7 Å². The lowest BCUT2D eigenvalue weighted by molar-refractivity contribution is 0.0913. The minimum absolute atomic E-state index is 0.0297. The van der Waals surface area contributed by atoms with Crippen LogP contribution in [-0.4, -0.2) is 31.9 Å². The first-order chi connectivity index (χ1) is 9.23. The third-order valence-electron chi connectivity index (χ3n) is 2.33. The van der Waals surface area contributed by atoms with Gasteiger partial charge >= 0.3 is 0 Å². The van der Waals surface area contributed by atoms with Crippen molar-refractivity contribution >= 4 is 32.9 Å². The fourth-order valence-corrected chi connectivity index (χ4v) is 2.60. The molecule has 0 radical (unpaired) electrons. The van der Waals surface area contributed by atoms with Crippen LogP contribution in [0, 0.1) is 5.82 Å². The summed E-state index contributed by atoms with van der Waals surface area (Å²) in [6, 6.07) is 3.94. The second-order valence-corrected chi connectivity index (χ2v) is 6.65. The quantitative estimate of drug-likeness (QED) is 0.746. The van der Waals surface area contributed by atoms with E-state index in [4.69, 9.17) is 22.7 Å². The van der Waals surface area contributed by atoms with Gasteiger partial charge in [-0.25, -0.2) is 12.8 Å². The normalized spacial score (nSPS) is 11.6. The predicted octanol–water partition coefficient (Wildman–Crippen LogP) is 1.63. The van der Waals surface area contributed by atoms with Crippen molar-refractivity contribution in [3.63, 3.8) is 0 Å². The molecule has 0 amide bonds. The van der Waals surface area contributed by atoms with Crippen LogP contribution < -0.4 is 10.5 Å². The van der Waals surface area contributed by atoms with Gasteiger partial charge in [0.1, 0.15) is 10.8 Å². The van der Waals surface area contributed by atoms with Crippen molar-refractivity contribution in [3.8, 4) is 0 Å². The van der Waals surface area contributed by atoms with Gasteiger partial charge in [0.25, 0.3) is 0 Å². The highest BCUT2D eigenvalue weighted by molar-refractivity contribution is 7.92. The molecule has 0 aliphatic rings. The second-order valence-electron chi connectivity index (χ2n) is 4.37. The van der Waals surface area contributed by atoms with Crippen LogP contribution in [0.5, 0.6) is 0 Å². The minimum atomic E-state index is -3.66. The molecule has 0 saturated heterocycles. The number of hydrogen-bond donors (Lipinski definition) is 2. The Bertz CT molecular complexity index is 588. The van der Waals surface area contributed by atoms with Gasteiger partial charge in [-0.1, -0.05) is 18.3 Å². The maximum absolute atomic E-state index is 13.6. The number of halogens is 1. The van der Waals surface area contributed by atoms with Crippen LogP contribution >= 0.6 is 12.2 Å². The maximum Gasteiger partial charge on any atom is 0.235 e. The molecule has 8 heteroatoms. The molecule has 0 atom stereocenters. The van der Waals surface area contributed by atoms with Gasteiger partial charge < -0.3 is 10.5 Å². The topological polar surface area (TPSA) is 81.4 Å². The van der Waals surface area contributed by atoms with Crippen molar-refractivity contribution in [1.29, 1.82) is 0 Å². The average Bonchev–Trinajstić information content (AvgIpc) is 2.26. The smallest absolute Gasteiger partial charge is 0.235 e. The molecule has 5 nitrogen and oxygen atoms in total. The molecule has 0 aromatic heterocycles. The van der Waals surface area contributed by atoms with Gasteiger partial charge in [-0.3, -0.25) is 4.72 Å². The molecule has 112 valence electrons. The lowest BCUT2D eigenvalue weighted by Gasteiger charge is -2.13. The van der Waals surface area contributed by atoms with Gasteiger partial charge in [-0.15, -0.1) is 0 Å². The fourth-order valence-electron chi connectivity index (χ4n) is 1.47. The number of thiocarbonyl (C=S) groups is 1. The molecule has 1 aromatic rings. The number of hydrogen-bond acceptors (Lipinski definition) is 4. The van der Waals surface area contributed by atoms with E-state index in [0.29, 0.717) is 0 Å². The first kappa shape index (κ1) is 16.8. The Balaban J connectivity index is 2.87. The summed E-state index contributed by atoms with van der Waals surface area (Å²) < 4.78 is 44.8. The minimum Gasteiger partial charge on any atom is -0.389 e. The summed E-state index contributed by atoms with van der Waals surface area (Å²) in [6.45, 7) is 3.65. The molecule has 0 heterocycles. The van der Waals surface area contributed by atoms with Gasteiger partial charge in [0.15, 0.2) is 0 Å². The first-order valence-electron chi connectivity index (χ1n) is 5.93. The van der Waals surface area contributed by atoms with Crippen molar-refractivity contribution in [2.75, 3.05) is 17.1 Å². The number of nitrogens with one attached hydrogen (secondary N) is 1. The predicted molar refractivity (Wildman–Crippen MR) is 80.8 cm³/mol. The molecule has 0 aliphatic carbocycles. The summed E-state index contributed by atoms with van der Waals surface area (Å²) in [5, 5.41) is 0. The van der Waals surface area contributed by atoms with E-state index >= 15 is 0 Å². The van der Waals surface area contributed by atoms with Crippen LogP contribution in [0.2, 0.25) is 0 Å². The van der Waals surface area contributed by atoms with Gasteiger partial charge in [-0.2, -0.15) is 0 Å². The molecule has 1 rings (SSSR count). The van der Waals surface area contributed by atoms with Gasteiger partial charge in [0.2, 0.25) is 10.0 Å². The van der Waals surface area contributed by atoms with E-state index in [1.165, 1.54) is 12.1 Å². The number of rotatable bonds is 7. The Labute approximate surface area is 123 Å². The third-order valence-corrected chi connectivity index (χ3v) is 3.77. The zero-order valence-corrected chi connectivity index (χ0v) is 12.9. The Morgan fingerprint density at radius 3 is 2.70 bits per heavy atom. The largest absolute Gasteiger partial charge is 0.389 e. The summed E-state index contributed by atoms with van der Waals surface area (Å²) in [7, 11) is -3.66. The highest BCUT2D eigenvalue weighted by atomic mass is 32.2.